The van der Waals surface area contributed by atoms with Crippen LogP contribution in [0, 0.1) is 0 Å². The number of hydrogen-bond acceptors (Lipinski definition) is 4. The lowest BCUT2D eigenvalue weighted by atomic mass is 10.2. The fourth-order valence-corrected chi connectivity index (χ4v) is 4.53. The molecule has 0 aliphatic carbocycles. The van der Waals surface area contributed by atoms with Crippen molar-refractivity contribution in [3.8, 4) is 0 Å². The van der Waals surface area contributed by atoms with Gasteiger partial charge < -0.3 is 4.74 Å². The number of unbranched alkanes of at least 4 members (excludes halogenated alkanes) is 1. The highest BCUT2D eigenvalue weighted by atomic mass is 35.5. The number of carbonyl (C=O) groups is 1. The molecular weight excluding hydrogens is 409 g/mol. The summed E-state index contributed by atoms with van der Waals surface area (Å²) in [5.41, 5.74) is 1.38. The number of halogens is 2. The van der Waals surface area contributed by atoms with Crippen LogP contribution >= 0.6 is 23.2 Å². The van der Waals surface area contributed by atoms with Gasteiger partial charge >= 0.3 is 5.97 Å². The van der Waals surface area contributed by atoms with E-state index in [0.717, 1.165) is 6.42 Å². The van der Waals surface area contributed by atoms with Crippen LogP contribution in [0.3, 0.4) is 0 Å². The first kappa shape index (κ1) is 21.5. The van der Waals surface area contributed by atoms with Crippen LogP contribution in [0.25, 0.3) is 0 Å². The first-order chi connectivity index (χ1) is 12.8. The van der Waals surface area contributed by atoms with Crippen LogP contribution in [-0.4, -0.2) is 27.2 Å². The van der Waals surface area contributed by atoms with Gasteiger partial charge in [-0.3, -0.25) is 4.31 Å². The van der Waals surface area contributed by atoms with Crippen molar-refractivity contribution in [2.24, 2.45) is 0 Å². The number of ether oxygens (including phenoxy) is 1. The Labute approximate surface area is 169 Å². The maximum absolute atomic E-state index is 12.9. The number of rotatable bonds is 8. The standard InChI is InChI=1S/C19H21Cl2NO4S/c1-3-4-12-27(24,25)22(13-15-6-5-7-17(20)18(15)21)16-10-8-14(9-11-16)19(23)26-2/h5-11H,3-4,12-13H2,1-2H3. The van der Waals surface area contributed by atoms with Crippen molar-refractivity contribution in [2.45, 2.75) is 26.3 Å². The quantitative estimate of drug-likeness (QED) is 0.558. The number of anilines is 1. The molecule has 5 nitrogen and oxygen atoms in total. The van der Waals surface area contributed by atoms with Gasteiger partial charge in [0.15, 0.2) is 0 Å². The van der Waals surface area contributed by atoms with Crippen LogP contribution in [0.2, 0.25) is 10.0 Å². The highest BCUT2D eigenvalue weighted by Gasteiger charge is 2.24. The minimum Gasteiger partial charge on any atom is -0.465 e. The van der Waals surface area contributed by atoms with Crippen molar-refractivity contribution in [1.82, 2.24) is 0 Å². The normalized spacial score (nSPS) is 11.3. The Hall–Kier alpha value is -1.76. The highest BCUT2D eigenvalue weighted by Crippen LogP contribution is 2.30. The van der Waals surface area contributed by atoms with Gasteiger partial charge in [0.1, 0.15) is 0 Å². The molecule has 0 spiro atoms. The Kier molecular flexibility index (Phi) is 7.53. The number of sulfonamides is 1. The van der Waals surface area contributed by atoms with Crippen molar-refractivity contribution in [3.63, 3.8) is 0 Å². The Morgan fingerprint density at radius 2 is 1.78 bits per heavy atom. The van der Waals surface area contributed by atoms with E-state index < -0.39 is 16.0 Å². The van der Waals surface area contributed by atoms with Crippen molar-refractivity contribution in [1.29, 1.82) is 0 Å². The predicted octanol–water partition coefficient (Wildman–Crippen LogP) is 4.92. The van der Waals surface area contributed by atoms with E-state index >= 15 is 0 Å². The largest absolute Gasteiger partial charge is 0.465 e. The number of carbonyl (C=O) groups excluding carboxylic acids is 1. The molecule has 0 atom stereocenters. The Bertz CT molecular complexity index is 898. The summed E-state index contributed by atoms with van der Waals surface area (Å²) in [6.07, 6.45) is 1.30. The average molecular weight is 430 g/mol. The molecule has 2 aromatic carbocycles. The first-order valence-electron chi connectivity index (χ1n) is 8.41. The monoisotopic (exact) mass is 429 g/mol. The molecule has 2 rings (SSSR count). The lowest BCUT2D eigenvalue weighted by Crippen LogP contribution is -2.32. The first-order valence-corrected chi connectivity index (χ1v) is 10.8. The Morgan fingerprint density at radius 1 is 1.11 bits per heavy atom. The second-order valence-electron chi connectivity index (χ2n) is 5.93. The summed E-state index contributed by atoms with van der Waals surface area (Å²) >= 11 is 12.3. The minimum absolute atomic E-state index is 0.0143. The minimum atomic E-state index is -3.59. The molecule has 0 unspecified atom stereocenters. The van der Waals surface area contributed by atoms with Gasteiger partial charge in [-0.15, -0.1) is 0 Å². The van der Waals surface area contributed by atoms with Crippen molar-refractivity contribution in [2.75, 3.05) is 17.2 Å². The van der Waals surface area contributed by atoms with Gasteiger partial charge in [0.25, 0.3) is 0 Å². The lowest BCUT2D eigenvalue weighted by Gasteiger charge is -2.25. The highest BCUT2D eigenvalue weighted by molar-refractivity contribution is 7.92. The molecule has 0 aromatic heterocycles. The molecule has 0 amide bonds. The van der Waals surface area contributed by atoms with E-state index in [1.807, 2.05) is 6.92 Å². The summed E-state index contributed by atoms with van der Waals surface area (Å²) in [7, 11) is -2.30. The molecule has 8 heteroatoms. The van der Waals surface area contributed by atoms with E-state index in [2.05, 4.69) is 4.74 Å². The van der Waals surface area contributed by atoms with E-state index in [1.165, 1.54) is 23.5 Å². The van der Waals surface area contributed by atoms with Crippen LogP contribution in [0.15, 0.2) is 42.5 Å². The smallest absolute Gasteiger partial charge is 0.337 e. The van der Waals surface area contributed by atoms with Crippen LogP contribution in [0.5, 0.6) is 0 Å². The number of hydrogen-bond donors (Lipinski definition) is 0. The van der Waals surface area contributed by atoms with Gasteiger partial charge in [-0.05, 0) is 42.3 Å². The van der Waals surface area contributed by atoms with Crippen LogP contribution < -0.4 is 4.31 Å². The third kappa shape index (κ3) is 5.37. The zero-order valence-electron chi connectivity index (χ0n) is 15.1. The number of nitrogens with zero attached hydrogens (tertiary/aromatic N) is 1. The molecule has 0 aliphatic rings. The van der Waals surface area contributed by atoms with Gasteiger partial charge in [-0.1, -0.05) is 48.7 Å². The molecule has 0 radical (unpaired) electrons. The summed E-state index contributed by atoms with van der Waals surface area (Å²) in [5, 5.41) is 0.683. The second kappa shape index (κ2) is 9.44. The summed E-state index contributed by atoms with van der Waals surface area (Å²) in [6.45, 7) is 1.97. The summed E-state index contributed by atoms with van der Waals surface area (Å²) in [4.78, 5) is 11.6. The molecule has 0 N–H and O–H groups in total. The predicted molar refractivity (Wildman–Crippen MR) is 109 cm³/mol. The summed E-state index contributed by atoms with van der Waals surface area (Å²) in [6, 6.07) is 11.3. The molecule has 0 saturated heterocycles. The number of benzene rings is 2. The zero-order valence-corrected chi connectivity index (χ0v) is 17.4. The van der Waals surface area contributed by atoms with Crippen LogP contribution in [-0.2, 0) is 21.3 Å². The van der Waals surface area contributed by atoms with Crippen LogP contribution in [0.1, 0.15) is 35.7 Å². The van der Waals surface area contributed by atoms with Gasteiger partial charge in [-0.25, -0.2) is 13.2 Å². The summed E-state index contributed by atoms with van der Waals surface area (Å²) < 4.78 is 31.8. The number of methoxy groups -OCH3 is 1. The average Bonchev–Trinajstić information content (AvgIpc) is 2.67. The third-order valence-electron chi connectivity index (χ3n) is 4.01. The van der Waals surface area contributed by atoms with E-state index in [4.69, 9.17) is 23.2 Å². The Morgan fingerprint density at radius 3 is 2.37 bits per heavy atom. The fraction of sp³-hybridized carbons (Fsp3) is 0.316. The number of esters is 1. The molecule has 0 fully saturated rings. The van der Waals surface area contributed by atoms with E-state index in [9.17, 15) is 13.2 Å². The van der Waals surface area contributed by atoms with Gasteiger partial charge in [0.2, 0.25) is 10.0 Å². The van der Waals surface area contributed by atoms with E-state index in [0.29, 0.717) is 33.3 Å². The maximum Gasteiger partial charge on any atom is 0.337 e. The molecule has 0 bridgehead atoms. The summed E-state index contributed by atoms with van der Waals surface area (Å²) in [5.74, 6) is -0.472. The lowest BCUT2D eigenvalue weighted by molar-refractivity contribution is 0.0600. The van der Waals surface area contributed by atoms with Crippen molar-refractivity contribution >= 4 is 44.9 Å². The zero-order chi connectivity index (χ0) is 20.0. The van der Waals surface area contributed by atoms with Crippen molar-refractivity contribution < 1.29 is 17.9 Å². The SMILES string of the molecule is CCCCS(=O)(=O)N(Cc1cccc(Cl)c1Cl)c1ccc(C(=O)OC)cc1. The van der Waals surface area contributed by atoms with Crippen molar-refractivity contribution in [3.05, 3.63) is 63.6 Å². The molecule has 146 valence electrons. The molecule has 0 saturated carbocycles. The van der Waals surface area contributed by atoms with Gasteiger partial charge in [0.05, 0.1) is 40.7 Å². The van der Waals surface area contributed by atoms with Gasteiger partial charge in [0, 0.05) is 0 Å². The Balaban J connectivity index is 2.43. The molecule has 27 heavy (non-hydrogen) atoms. The molecule has 0 heterocycles. The third-order valence-corrected chi connectivity index (χ3v) is 6.69. The molecule has 0 aliphatic heterocycles. The van der Waals surface area contributed by atoms with Gasteiger partial charge in [-0.2, -0.15) is 0 Å². The second-order valence-corrected chi connectivity index (χ2v) is 8.73. The fourth-order valence-electron chi connectivity index (χ4n) is 2.49. The van der Waals surface area contributed by atoms with Crippen LogP contribution in [0.4, 0.5) is 5.69 Å². The molecular formula is C19H21Cl2NO4S. The topological polar surface area (TPSA) is 63.7 Å². The maximum atomic E-state index is 12.9. The van der Waals surface area contributed by atoms with E-state index in [1.54, 1.807) is 30.3 Å². The molecule has 2 aromatic rings. The van der Waals surface area contributed by atoms with E-state index in [-0.39, 0.29) is 12.3 Å².